The minimum Gasteiger partial charge on any atom is -0.329 e. The first-order valence-corrected chi connectivity index (χ1v) is 3.04. The van der Waals surface area contributed by atoms with Crippen molar-refractivity contribution in [2.24, 2.45) is 5.92 Å². The molecule has 1 atom stereocenters. The molecule has 1 fully saturated rings. The third kappa shape index (κ3) is 0.593. The first-order chi connectivity index (χ1) is 4.36. The molecule has 1 aliphatic carbocycles. The van der Waals surface area contributed by atoms with Gasteiger partial charge in [0.05, 0.1) is 0 Å². The minimum absolute atomic E-state index is 0.149. The van der Waals surface area contributed by atoms with Crippen LogP contribution in [0.3, 0.4) is 0 Å². The van der Waals surface area contributed by atoms with Gasteiger partial charge in [-0.05, 0) is 6.08 Å². The third-order valence-corrected chi connectivity index (χ3v) is 1.71. The molecule has 2 rings (SSSR count). The second kappa shape index (κ2) is 1.47. The Morgan fingerprint density at radius 2 is 2.56 bits per heavy atom. The van der Waals surface area contributed by atoms with E-state index in [4.69, 9.17) is 0 Å². The molecule has 1 N–H and O–H groups in total. The number of allylic oxidation sites excluding steroid dienone is 3. The number of rotatable bonds is 0. The van der Waals surface area contributed by atoms with Crippen LogP contribution in [0.4, 0.5) is 0 Å². The second-order valence-corrected chi connectivity index (χ2v) is 2.37. The molecular weight excluding hydrogens is 114 g/mol. The Balaban J connectivity index is 2.30. The van der Waals surface area contributed by atoms with E-state index in [-0.39, 0.29) is 5.91 Å². The molecule has 1 unspecified atom stereocenters. The van der Waals surface area contributed by atoms with E-state index < -0.39 is 0 Å². The highest BCUT2D eigenvalue weighted by Crippen LogP contribution is 2.25. The van der Waals surface area contributed by atoms with Gasteiger partial charge in [0.15, 0.2) is 0 Å². The largest absolute Gasteiger partial charge is 0.329 e. The first kappa shape index (κ1) is 4.79. The summed E-state index contributed by atoms with van der Waals surface area (Å²) in [4.78, 5) is 10.7. The Kier molecular flexibility index (Phi) is 0.781. The Morgan fingerprint density at radius 1 is 1.67 bits per heavy atom. The van der Waals surface area contributed by atoms with E-state index in [1.165, 1.54) is 0 Å². The summed E-state index contributed by atoms with van der Waals surface area (Å²) in [6.07, 6.45) is 6.63. The number of nitrogens with one attached hydrogen (secondary N) is 1. The van der Waals surface area contributed by atoms with Crippen LogP contribution in [0.15, 0.2) is 23.9 Å². The van der Waals surface area contributed by atoms with Crippen LogP contribution < -0.4 is 5.32 Å². The van der Waals surface area contributed by atoms with Crippen LogP contribution in [0, 0.1) is 5.92 Å². The standard InChI is InChI=1S/C7H7NO/c9-7-4-5-2-1-3-6(5)8-7/h1-3,5H,4H2,(H,8,9). The molecule has 0 radical (unpaired) electrons. The first-order valence-electron chi connectivity index (χ1n) is 3.04. The average Bonchev–Trinajstić information content (AvgIpc) is 2.22. The van der Waals surface area contributed by atoms with E-state index >= 15 is 0 Å². The summed E-state index contributed by atoms with van der Waals surface area (Å²) >= 11 is 0. The summed E-state index contributed by atoms with van der Waals surface area (Å²) in [5, 5.41) is 2.78. The van der Waals surface area contributed by atoms with Crippen molar-refractivity contribution in [2.75, 3.05) is 0 Å². The van der Waals surface area contributed by atoms with Crippen molar-refractivity contribution < 1.29 is 4.79 Å². The van der Waals surface area contributed by atoms with Gasteiger partial charge in [0, 0.05) is 18.0 Å². The van der Waals surface area contributed by atoms with Gasteiger partial charge >= 0.3 is 0 Å². The van der Waals surface area contributed by atoms with Gasteiger partial charge in [0.25, 0.3) is 0 Å². The van der Waals surface area contributed by atoms with Gasteiger partial charge in [-0.3, -0.25) is 4.79 Å². The van der Waals surface area contributed by atoms with Crippen LogP contribution in [0.25, 0.3) is 0 Å². The van der Waals surface area contributed by atoms with Crippen LogP contribution in [0.2, 0.25) is 0 Å². The van der Waals surface area contributed by atoms with E-state index in [1.807, 2.05) is 18.2 Å². The zero-order chi connectivity index (χ0) is 6.27. The molecule has 1 heterocycles. The van der Waals surface area contributed by atoms with Gasteiger partial charge in [-0.1, -0.05) is 12.2 Å². The van der Waals surface area contributed by atoms with Crippen LogP contribution >= 0.6 is 0 Å². The third-order valence-electron chi connectivity index (χ3n) is 1.71. The van der Waals surface area contributed by atoms with Gasteiger partial charge in [0.1, 0.15) is 0 Å². The summed E-state index contributed by atoms with van der Waals surface area (Å²) in [6.45, 7) is 0. The maximum absolute atomic E-state index is 10.7. The lowest BCUT2D eigenvalue weighted by Crippen LogP contribution is -2.11. The Labute approximate surface area is 53.2 Å². The van der Waals surface area contributed by atoms with Crippen molar-refractivity contribution in [3.63, 3.8) is 0 Å². The maximum atomic E-state index is 10.7. The molecule has 9 heavy (non-hydrogen) atoms. The molecule has 0 saturated carbocycles. The van der Waals surface area contributed by atoms with Crippen molar-refractivity contribution in [3.8, 4) is 0 Å². The minimum atomic E-state index is 0.149. The summed E-state index contributed by atoms with van der Waals surface area (Å²) in [5.74, 6) is 0.521. The molecule has 2 heteroatoms. The van der Waals surface area contributed by atoms with Gasteiger partial charge < -0.3 is 5.32 Å². The summed E-state index contributed by atoms with van der Waals surface area (Å²) in [5.41, 5.74) is 1.07. The molecule has 1 aliphatic heterocycles. The monoisotopic (exact) mass is 121 g/mol. The van der Waals surface area contributed by atoms with Crippen molar-refractivity contribution >= 4 is 5.91 Å². The molecule has 0 aromatic rings. The second-order valence-electron chi connectivity index (χ2n) is 2.37. The predicted octanol–water partition coefficient (Wildman–Crippen LogP) is 0.576. The van der Waals surface area contributed by atoms with E-state index in [1.54, 1.807) is 0 Å². The van der Waals surface area contributed by atoms with E-state index in [2.05, 4.69) is 5.32 Å². The highest BCUT2D eigenvalue weighted by atomic mass is 16.1. The van der Waals surface area contributed by atoms with Crippen LogP contribution in [-0.4, -0.2) is 5.91 Å². The van der Waals surface area contributed by atoms with Crippen molar-refractivity contribution in [3.05, 3.63) is 23.9 Å². The molecule has 2 nitrogen and oxygen atoms in total. The van der Waals surface area contributed by atoms with Crippen LogP contribution in [-0.2, 0) is 4.79 Å². The van der Waals surface area contributed by atoms with E-state index in [0.29, 0.717) is 12.3 Å². The Bertz CT molecular complexity index is 215. The van der Waals surface area contributed by atoms with Crippen LogP contribution in [0.5, 0.6) is 0 Å². The maximum Gasteiger partial charge on any atom is 0.225 e. The highest BCUT2D eigenvalue weighted by molar-refractivity contribution is 5.82. The molecule has 46 valence electrons. The lowest BCUT2D eigenvalue weighted by Gasteiger charge is -1.94. The summed E-state index contributed by atoms with van der Waals surface area (Å²) in [6, 6.07) is 0. The fraction of sp³-hybridized carbons (Fsp3) is 0.286. The highest BCUT2D eigenvalue weighted by Gasteiger charge is 2.25. The predicted molar refractivity (Wildman–Crippen MR) is 33.5 cm³/mol. The number of fused-ring (bicyclic) bond motifs is 1. The molecule has 0 aromatic carbocycles. The lowest BCUT2D eigenvalue weighted by molar-refractivity contribution is -0.119. The Morgan fingerprint density at radius 3 is 3.33 bits per heavy atom. The molecule has 0 bridgehead atoms. The van der Waals surface area contributed by atoms with E-state index in [0.717, 1.165) is 5.70 Å². The van der Waals surface area contributed by atoms with Crippen molar-refractivity contribution in [2.45, 2.75) is 6.42 Å². The quantitative estimate of drug-likeness (QED) is 0.499. The number of hydrogen-bond donors (Lipinski definition) is 1. The molecule has 1 amide bonds. The zero-order valence-corrected chi connectivity index (χ0v) is 4.92. The molecule has 0 spiro atoms. The SMILES string of the molecule is O=C1CC2C=CC=C2N1. The number of carbonyl (C=O) groups is 1. The summed E-state index contributed by atoms with van der Waals surface area (Å²) in [7, 11) is 0. The Hall–Kier alpha value is -1.05. The molecular formula is C7H7NO. The van der Waals surface area contributed by atoms with Gasteiger partial charge in [-0.15, -0.1) is 0 Å². The number of carbonyl (C=O) groups excluding carboxylic acids is 1. The normalized spacial score (nSPS) is 30.0. The smallest absolute Gasteiger partial charge is 0.225 e. The molecule has 2 aliphatic rings. The van der Waals surface area contributed by atoms with Gasteiger partial charge in [-0.25, -0.2) is 0 Å². The topological polar surface area (TPSA) is 29.1 Å². The van der Waals surface area contributed by atoms with E-state index in [9.17, 15) is 4.79 Å². The van der Waals surface area contributed by atoms with Crippen molar-refractivity contribution in [1.82, 2.24) is 5.32 Å². The average molecular weight is 121 g/mol. The zero-order valence-electron chi connectivity index (χ0n) is 4.92. The molecule has 1 saturated heterocycles. The fourth-order valence-corrected chi connectivity index (χ4v) is 1.24. The summed E-state index contributed by atoms with van der Waals surface area (Å²) < 4.78 is 0. The van der Waals surface area contributed by atoms with Crippen molar-refractivity contribution in [1.29, 1.82) is 0 Å². The number of hydrogen-bond acceptors (Lipinski definition) is 1. The van der Waals surface area contributed by atoms with Crippen LogP contribution in [0.1, 0.15) is 6.42 Å². The van der Waals surface area contributed by atoms with Gasteiger partial charge in [-0.2, -0.15) is 0 Å². The lowest BCUT2D eigenvalue weighted by atomic mass is 10.1. The fourth-order valence-electron chi connectivity index (χ4n) is 1.24. The number of amides is 1. The van der Waals surface area contributed by atoms with Gasteiger partial charge in [0.2, 0.25) is 5.91 Å². The molecule has 0 aromatic heterocycles.